The van der Waals surface area contributed by atoms with E-state index >= 15 is 0 Å². The second kappa shape index (κ2) is 11.4. The van der Waals surface area contributed by atoms with Crippen LogP contribution < -0.4 is 10.0 Å². The summed E-state index contributed by atoms with van der Waals surface area (Å²) in [5, 5.41) is 16.1. The summed E-state index contributed by atoms with van der Waals surface area (Å²) >= 11 is 0. The average Bonchev–Trinajstić information content (AvgIpc) is 2.86. The van der Waals surface area contributed by atoms with E-state index in [1.54, 1.807) is 12.3 Å². The zero-order valence-electron chi connectivity index (χ0n) is 18.5. The highest BCUT2D eigenvalue weighted by Gasteiger charge is 2.27. The molecule has 3 aromatic rings. The van der Waals surface area contributed by atoms with E-state index in [9.17, 15) is 23.3 Å². The zero-order valence-corrected chi connectivity index (χ0v) is 19.3. The molecule has 0 saturated heterocycles. The number of fused-ring (bicyclic) bond motifs is 1. The van der Waals surface area contributed by atoms with Gasteiger partial charge in [-0.2, -0.15) is 0 Å². The number of nitro benzene ring substituents is 1. The first-order chi connectivity index (χ1) is 16.3. The molecule has 1 aliphatic carbocycles. The molecule has 0 atom stereocenters. The molecule has 35 heavy (non-hydrogen) atoms. The van der Waals surface area contributed by atoms with Gasteiger partial charge in [0.25, 0.3) is 11.6 Å². The van der Waals surface area contributed by atoms with Crippen molar-refractivity contribution in [2.75, 3.05) is 13.1 Å². The number of benzene rings is 2. The molecule has 1 aromatic heterocycles. The van der Waals surface area contributed by atoms with Crippen LogP contribution >= 0.6 is 0 Å². The fraction of sp³-hybridized carbons (Fsp3) is 0.360. The fourth-order valence-corrected chi connectivity index (χ4v) is 5.60. The monoisotopic (exact) mass is 498 g/mol. The standard InChI is InChI=1S/C24H26N4O5S.CH4/c29-24(21-13-19-5-1-2-6-20(19)16-25-21)26-14-17-9-11-18(12-10-17)15-27-34(32,33)23-8-4-3-7-22(23)28(30)31;/h1-8,13,16-18,27H,9-12,14-15H2,(H,26,29);1H4. The van der Waals surface area contributed by atoms with E-state index in [4.69, 9.17) is 0 Å². The van der Waals surface area contributed by atoms with Crippen molar-refractivity contribution in [1.82, 2.24) is 15.0 Å². The highest BCUT2D eigenvalue weighted by atomic mass is 32.2. The largest absolute Gasteiger partial charge is 0.350 e. The quantitative estimate of drug-likeness (QED) is 0.352. The van der Waals surface area contributed by atoms with Gasteiger partial charge in [-0.1, -0.05) is 43.8 Å². The van der Waals surface area contributed by atoms with E-state index in [2.05, 4.69) is 15.0 Å². The van der Waals surface area contributed by atoms with E-state index < -0.39 is 20.6 Å². The molecular formula is C25H30N4O5S. The van der Waals surface area contributed by atoms with E-state index in [0.29, 0.717) is 18.2 Å². The van der Waals surface area contributed by atoms with Crippen molar-refractivity contribution in [3.63, 3.8) is 0 Å². The third kappa shape index (κ3) is 6.40. The molecule has 9 nitrogen and oxygen atoms in total. The van der Waals surface area contributed by atoms with Crippen LogP contribution in [-0.4, -0.2) is 37.3 Å². The minimum Gasteiger partial charge on any atom is -0.350 e. The van der Waals surface area contributed by atoms with Crippen molar-refractivity contribution in [3.05, 3.63) is 76.6 Å². The Morgan fingerprint density at radius 3 is 2.26 bits per heavy atom. The molecule has 0 spiro atoms. The molecule has 0 unspecified atom stereocenters. The van der Waals surface area contributed by atoms with Gasteiger partial charge in [0.2, 0.25) is 10.0 Å². The highest BCUT2D eigenvalue weighted by molar-refractivity contribution is 7.89. The van der Waals surface area contributed by atoms with Crippen LogP contribution in [0.5, 0.6) is 0 Å². The van der Waals surface area contributed by atoms with Gasteiger partial charge in [-0.25, -0.2) is 13.1 Å². The average molecular weight is 499 g/mol. The van der Waals surface area contributed by atoms with Crippen LogP contribution in [0.4, 0.5) is 5.69 Å². The summed E-state index contributed by atoms with van der Waals surface area (Å²) < 4.78 is 27.7. The normalized spacial score (nSPS) is 17.9. The number of aromatic nitrogens is 1. The van der Waals surface area contributed by atoms with Crippen LogP contribution in [0, 0.1) is 22.0 Å². The lowest BCUT2D eigenvalue weighted by Crippen LogP contribution is -2.35. The summed E-state index contributed by atoms with van der Waals surface area (Å²) in [5.74, 6) is 0.254. The Balaban J connectivity index is 0.00000342. The van der Waals surface area contributed by atoms with Crippen LogP contribution in [-0.2, 0) is 10.0 Å². The number of nitrogens with one attached hydrogen (secondary N) is 2. The Hall–Kier alpha value is -3.37. The van der Waals surface area contributed by atoms with Crippen LogP contribution in [0.15, 0.2) is 65.7 Å². The van der Waals surface area contributed by atoms with Crippen molar-refractivity contribution >= 4 is 32.4 Å². The van der Waals surface area contributed by atoms with Gasteiger partial charge in [0.05, 0.1) is 4.92 Å². The van der Waals surface area contributed by atoms with E-state index in [1.165, 1.54) is 24.3 Å². The summed E-state index contributed by atoms with van der Waals surface area (Å²) in [7, 11) is -3.97. The summed E-state index contributed by atoms with van der Waals surface area (Å²) in [4.78, 5) is 26.9. The molecule has 1 saturated carbocycles. The number of hydrogen-bond acceptors (Lipinski definition) is 6. The van der Waals surface area contributed by atoms with Crippen LogP contribution in [0.25, 0.3) is 10.8 Å². The Bertz CT molecular complexity index is 1300. The predicted molar refractivity (Wildman–Crippen MR) is 135 cm³/mol. The number of carbonyl (C=O) groups is 1. The number of pyridine rings is 1. The molecule has 2 aromatic carbocycles. The van der Waals surface area contributed by atoms with Crippen molar-refractivity contribution < 1.29 is 18.1 Å². The Labute approximate surface area is 205 Å². The third-order valence-corrected chi connectivity index (χ3v) is 7.77. The van der Waals surface area contributed by atoms with Crippen LogP contribution in [0.1, 0.15) is 43.6 Å². The highest BCUT2D eigenvalue weighted by Crippen LogP contribution is 2.29. The topological polar surface area (TPSA) is 131 Å². The molecule has 1 aliphatic rings. The van der Waals surface area contributed by atoms with Gasteiger partial charge in [-0.3, -0.25) is 19.9 Å². The van der Waals surface area contributed by atoms with E-state index in [0.717, 1.165) is 36.5 Å². The first kappa shape index (κ1) is 26.2. The Morgan fingerprint density at radius 2 is 1.57 bits per heavy atom. The van der Waals surface area contributed by atoms with Crippen molar-refractivity contribution in [1.29, 1.82) is 0 Å². The molecule has 1 amide bonds. The lowest BCUT2D eigenvalue weighted by Gasteiger charge is -2.28. The number of hydrogen-bond donors (Lipinski definition) is 2. The van der Waals surface area contributed by atoms with Crippen molar-refractivity contribution in [2.45, 2.75) is 38.0 Å². The molecule has 0 radical (unpaired) electrons. The lowest BCUT2D eigenvalue weighted by atomic mass is 9.82. The first-order valence-electron chi connectivity index (χ1n) is 11.2. The molecule has 0 aliphatic heterocycles. The third-order valence-electron chi connectivity index (χ3n) is 6.29. The van der Waals surface area contributed by atoms with Gasteiger partial charge in [0.1, 0.15) is 5.69 Å². The maximum Gasteiger partial charge on any atom is 0.289 e. The second-order valence-corrected chi connectivity index (χ2v) is 10.3. The number of nitrogens with zero attached hydrogens (tertiary/aromatic N) is 2. The second-order valence-electron chi connectivity index (χ2n) is 8.59. The maximum atomic E-state index is 12.6. The number of amides is 1. The van der Waals surface area contributed by atoms with Gasteiger partial charge in [0.15, 0.2) is 4.90 Å². The SMILES string of the molecule is C.O=C(NCC1CCC(CNS(=O)(=O)c2ccccc2[N+](=O)[O-])CC1)c1cc2ccccc2cn1. The van der Waals surface area contributed by atoms with Gasteiger partial charge in [-0.05, 0) is 55.0 Å². The molecule has 10 heteroatoms. The summed E-state index contributed by atoms with van der Waals surface area (Å²) in [6.07, 6.45) is 5.05. The van der Waals surface area contributed by atoms with Crippen LogP contribution in [0.3, 0.4) is 0 Å². The Morgan fingerprint density at radius 1 is 0.971 bits per heavy atom. The molecule has 2 N–H and O–H groups in total. The number of carbonyl (C=O) groups excluding carboxylic acids is 1. The molecule has 4 rings (SSSR count). The van der Waals surface area contributed by atoms with E-state index in [-0.39, 0.29) is 30.7 Å². The summed E-state index contributed by atoms with van der Waals surface area (Å²) in [6.45, 7) is 0.774. The minimum atomic E-state index is -3.97. The molecule has 1 fully saturated rings. The number of para-hydroxylation sites is 1. The van der Waals surface area contributed by atoms with Gasteiger partial charge < -0.3 is 5.32 Å². The van der Waals surface area contributed by atoms with Crippen molar-refractivity contribution in [3.8, 4) is 0 Å². The molecule has 186 valence electrons. The molecular weight excluding hydrogens is 468 g/mol. The van der Waals surface area contributed by atoms with Crippen molar-refractivity contribution in [2.24, 2.45) is 11.8 Å². The van der Waals surface area contributed by atoms with Gasteiger partial charge in [-0.15, -0.1) is 0 Å². The lowest BCUT2D eigenvalue weighted by molar-refractivity contribution is -0.387. The first-order valence-corrected chi connectivity index (χ1v) is 12.7. The molecule has 0 bridgehead atoms. The van der Waals surface area contributed by atoms with Gasteiger partial charge in [0, 0.05) is 30.7 Å². The smallest absolute Gasteiger partial charge is 0.289 e. The number of nitro groups is 1. The van der Waals surface area contributed by atoms with Crippen LogP contribution in [0.2, 0.25) is 0 Å². The summed E-state index contributed by atoms with van der Waals surface area (Å²) in [5.41, 5.74) is -0.0489. The predicted octanol–water partition coefficient (Wildman–Crippen LogP) is 4.29. The minimum absolute atomic E-state index is 0. The zero-order chi connectivity index (χ0) is 24.1. The Kier molecular flexibility index (Phi) is 8.52. The number of sulfonamides is 1. The van der Waals surface area contributed by atoms with Gasteiger partial charge >= 0.3 is 0 Å². The number of rotatable bonds is 8. The maximum absolute atomic E-state index is 12.6. The van der Waals surface area contributed by atoms with E-state index in [1.807, 2.05) is 24.3 Å². The summed E-state index contributed by atoms with van der Waals surface area (Å²) in [6, 6.07) is 14.8. The fourth-order valence-electron chi connectivity index (χ4n) is 4.32. The molecule has 1 heterocycles.